The van der Waals surface area contributed by atoms with Gasteiger partial charge in [0.1, 0.15) is 0 Å². The summed E-state index contributed by atoms with van der Waals surface area (Å²) in [4.78, 5) is 21.5. The van der Waals surface area contributed by atoms with Crippen LogP contribution in [0, 0.1) is 6.92 Å². The van der Waals surface area contributed by atoms with E-state index in [0.717, 1.165) is 16.9 Å². The van der Waals surface area contributed by atoms with E-state index in [1.54, 1.807) is 0 Å². The Balaban J connectivity index is 1.61. The number of amides is 1. The number of nitrogens with zero attached hydrogens (tertiary/aromatic N) is 2. The first-order chi connectivity index (χ1) is 13.6. The number of carbonyl (C=O) groups is 1. The number of fused-ring (bicyclic) bond motifs is 3. The average Bonchev–Trinajstić information content (AvgIpc) is 3.45. The predicted molar refractivity (Wildman–Crippen MR) is 110 cm³/mol. The lowest BCUT2D eigenvalue weighted by Gasteiger charge is -2.29. The van der Waals surface area contributed by atoms with Crippen molar-refractivity contribution in [2.45, 2.75) is 32.0 Å². The number of anilines is 2. The molecule has 0 bridgehead atoms. The summed E-state index contributed by atoms with van der Waals surface area (Å²) < 4.78 is 0. The molecule has 2 heterocycles. The maximum atomic E-state index is 13.4. The first-order valence-electron chi connectivity index (χ1n) is 9.64. The molecule has 4 nitrogen and oxygen atoms in total. The van der Waals surface area contributed by atoms with Gasteiger partial charge in [0.25, 0.3) is 5.91 Å². The van der Waals surface area contributed by atoms with Gasteiger partial charge in [-0.1, -0.05) is 60.2 Å². The Labute approximate surface area is 164 Å². The van der Waals surface area contributed by atoms with E-state index in [0.29, 0.717) is 12.0 Å². The minimum Gasteiger partial charge on any atom is -0.303 e. The van der Waals surface area contributed by atoms with Gasteiger partial charge in [-0.15, -0.1) is 0 Å². The molecular weight excluding hydrogens is 348 g/mol. The van der Waals surface area contributed by atoms with Gasteiger partial charge >= 0.3 is 0 Å². The molecule has 0 aromatic heterocycles. The number of carbonyl (C=O) groups excluding carboxylic acids is 1. The Bertz CT molecular complexity index is 1030. The Morgan fingerprint density at radius 2 is 1.57 bits per heavy atom. The van der Waals surface area contributed by atoms with Crippen LogP contribution in [0.25, 0.3) is 0 Å². The van der Waals surface area contributed by atoms with Crippen molar-refractivity contribution in [3.63, 3.8) is 0 Å². The Morgan fingerprint density at radius 3 is 2.29 bits per heavy atom. The lowest BCUT2D eigenvalue weighted by Crippen LogP contribution is -2.40. The minimum absolute atomic E-state index is 0.0158. The number of aryl methyl sites for hydroxylation is 1. The number of benzene rings is 3. The van der Waals surface area contributed by atoms with E-state index in [1.165, 1.54) is 5.56 Å². The molecule has 0 spiro atoms. The van der Waals surface area contributed by atoms with Gasteiger partial charge in [0.05, 0.1) is 11.4 Å². The monoisotopic (exact) mass is 370 g/mol. The third-order valence-electron chi connectivity index (χ3n) is 5.65. The molecule has 2 unspecified atom stereocenters. The van der Waals surface area contributed by atoms with Crippen molar-refractivity contribution in [3.8, 4) is 0 Å². The first-order valence-corrected chi connectivity index (χ1v) is 9.64. The second kappa shape index (κ2) is 6.21. The summed E-state index contributed by atoms with van der Waals surface area (Å²) in [5.74, 6) is 0.0158. The van der Waals surface area contributed by atoms with Gasteiger partial charge in [-0.3, -0.25) is 4.79 Å². The molecule has 2 aliphatic heterocycles. The van der Waals surface area contributed by atoms with Crippen LogP contribution >= 0.6 is 0 Å². The predicted octanol–water partition coefficient (Wildman–Crippen LogP) is 5.04. The van der Waals surface area contributed by atoms with E-state index in [-0.39, 0.29) is 11.9 Å². The number of hydroxylamine groups is 1. The van der Waals surface area contributed by atoms with Crippen LogP contribution in [0.5, 0.6) is 0 Å². The maximum Gasteiger partial charge on any atom is 0.258 e. The molecule has 3 aromatic rings. The number of rotatable bonds is 2. The van der Waals surface area contributed by atoms with Crippen molar-refractivity contribution in [2.75, 3.05) is 9.96 Å². The van der Waals surface area contributed by atoms with Crippen molar-refractivity contribution < 1.29 is 9.63 Å². The molecular formula is C24H22N2O2. The molecule has 1 fully saturated rings. The summed E-state index contributed by atoms with van der Waals surface area (Å²) in [6.07, 6.45) is 0.698. The van der Waals surface area contributed by atoms with Gasteiger partial charge in [0.15, 0.2) is 0 Å². The van der Waals surface area contributed by atoms with Crippen LogP contribution in [0.2, 0.25) is 0 Å². The standard InChI is InChI=1S/C24H22N2O2/c1-17-12-14-20(15-13-17)24-16-18(2)25(23(27)19-8-4-3-5-9-19)21-10-6-7-11-22(21)26(24)28-24/h3-15,18H,16H2,1-2H3. The topological polar surface area (TPSA) is 35.9 Å². The van der Waals surface area contributed by atoms with Crippen molar-refractivity contribution >= 4 is 17.3 Å². The number of hydrogen-bond donors (Lipinski definition) is 0. The van der Waals surface area contributed by atoms with Crippen LogP contribution in [0.1, 0.15) is 34.8 Å². The fraction of sp³-hybridized carbons (Fsp3) is 0.208. The molecule has 4 heteroatoms. The van der Waals surface area contributed by atoms with Gasteiger partial charge in [-0.25, -0.2) is 9.90 Å². The van der Waals surface area contributed by atoms with Gasteiger partial charge in [0.2, 0.25) is 5.72 Å². The molecule has 0 aliphatic carbocycles. The first kappa shape index (κ1) is 17.0. The van der Waals surface area contributed by atoms with Crippen LogP contribution in [-0.4, -0.2) is 11.9 Å². The molecule has 1 saturated heterocycles. The van der Waals surface area contributed by atoms with Gasteiger partial charge in [-0.05, 0) is 38.1 Å². The molecule has 140 valence electrons. The fourth-order valence-electron chi connectivity index (χ4n) is 4.19. The zero-order valence-electron chi connectivity index (χ0n) is 16.0. The van der Waals surface area contributed by atoms with Crippen LogP contribution in [0.15, 0.2) is 78.9 Å². The SMILES string of the molecule is Cc1ccc(C23CC(C)N(C(=O)c4ccccc4)c4ccccc4N2O3)cc1. The van der Waals surface area contributed by atoms with Crippen LogP contribution in [0.3, 0.4) is 0 Å². The molecule has 28 heavy (non-hydrogen) atoms. The van der Waals surface area contributed by atoms with Crippen molar-refractivity contribution in [1.82, 2.24) is 0 Å². The number of hydrogen-bond acceptors (Lipinski definition) is 3. The molecule has 0 N–H and O–H groups in total. The van der Waals surface area contributed by atoms with Crippen LogP contribution < -0.4 is 9.96 Å². The third-order valence-corrected chi connectivity index (χ3v) is 5.65. The zero-order valence-corrected chi connectivity index (χ0v) is 16.0. The van der Waals surface area contributed by atoms with E-state index in [2.05, 4.69) is 38.1 Å². The third kappa shape index (κ3) is 2.53. The Morgan fingerprint density at radius 1 is 0.929 bits per heavy atom. The van der Waals surface area contributed by atoms with Gasteiger partial charge in [0, 0.05) is 23.6 Å². The molecule has 5 rings (SSSR count). The molecule has 0 saturated carbocycles. The quantitative estimate of drug-likeness (QED) is 0.593. The normalized spacial score (nSPS) is 22.9. The van der Waals surface area contributed by atoms with Crippen LogP contribution in [-0.2, 0) is 10.6 Å². The van der Waals surface area contributed by atoms with E-state index >= 15 is 0 Å². The van der Waals surface area contributed by atoms with E-state index < -0.39 is 5.72 Å². The largest absolute Gasteiger partial charge is 0.303 e. The second-order valence-electron chi connectivity index (χ2n) is 7.62. The van der Waals surface area contributed by atoms with E-state index in [4.69, 9.17) is 4.84 Å². The molecule has 3 aromatic carbocycles. The zero-order chi connectivity index (χ0) is 19.3. The highest BCUT2D eigenvalue weighted by atomic mass is 16.9. The summed E-state index contributed by atoms with van der Waals surface area (Å²) >= 11 is 0. The summed E-state index contributed by atoms with van der Waals surface area (Å²) in [6, 6.07) is 25.9. The summed E-state index contributed by atoms with van der Waals surface area (Å²) in [5, 5.41) is 1.96. The highest BCUT2D eigenvalue weighted by Gasteiger charge is 2.60. The Hall–Kier alpha value is -3.11. The molecule has 2 aliphatic rings. The van der Waals surface area contributed by atoms with E-state index in [9.17, 15) is 4.79 Å². The lowest BCUT2D eigenvalue weighted by atomic mass is 9.96. The van der Waals surface area contributed by atoms with Crippen molar-refractivity contribution in [3.05, 3.63) is 95.6 Å². The summed E-state index contributed by atoms with van der Waals surface area (Å²) in [6.45, 7) is 4.18. The minimum atomic E-state index is -0.519. The number of para-hydroxylation sites is 2. The van der Waals surface area contributed by atoms with Gasteiger partial charge < -0.3 is 4.90 Å². The maximum absolute atomic E-state index is 13.4. The van der Waals surface area contributed by atoms with Crippen LogP contribution in [0.4, 0.5) is 11.4 Å². The highest BCUT2D eigenvalue weighted by Crippen LogP contribution is 2.56. The summed E-state index contributed by atoms with van der Waals surface area (Å²) in [7, 11) is 0. The summed E-state index contributed by atoms with van der Waals surface area (Å²) in [5.41, 5.74) is 4.32. The van der Waals surface area contributed by atoms with E-state index in [1.807, 2.05) is 64.6 Å². The molecule has 1 amide bonds. The average molecular weight is 370 g/mol. The Kier molecular flexibility index (Phi) is 3.78. The second-order valence-corrected chi connectivity index (χ2v) is 7.62. The van der Waals surface area contributed by atoms with Crippen molar-refractivity contribution in [1.29, 1.82) is 0 Å². The van der Waals surface area contributed by atoms with Crippen molar-refractivity contribution in [2.24, 2.45) is 0 Å². The molecule has 0 radical (unpaired) electrons. The smallest absolute Gasteiger partial charge is 0.258 e. The van der Waals surface area contributed by atoms with Gasteiger partial charge in [-0.2, -0.15) is 0 Å². The fourth-order valence-corrected chi connectivity index (χ4v) is 4.19. The highest BCUT2D eigenvalue weighted by molar-refractivity contribution is 6.08. The molecule has 2 atom stereocenters. The lowest BCUT2D eigenvalue weighted by molar-refractivity contribution is 0.0973.